The highest BCUT2D eigenvalue weighted by atomic mass is 16.3. The van der Waals surface area contributed by atoms with E-state index in [9.17, 15) is 14.4 Å². The van der Waals surface area contributed by atoms with E-state index in [2.05, 4.69) is 19.2 Å². The number of benzene rings is 2. The molecule has 182 valence electrons. The van der Waals surface area contributed by atoms with Gasteiger partial charge < -0.3 is 9.73 Å². The number of rotatable bonds is 8. The van der Waals surface area contributed by atoms with Gasteiger partial charge in [-0.15, -0.1) is 0 Å². The fourth-order valence-corrected chi connectivity index (χ4v) is 4.59. The van der Waals surface area contributed by atoms with Crippen LogP contribution in [0.4, 0.5) is 5.69 Å². The number of hydrogen-bond acceptors (Lipinski definition) is 4. The number of hydrogen-bond donors (Lipinski definition) is 1. The van der Waals surface area contributed by atoms with Crippen molar-refractivity contribution in [2.45, 2.75) is 64.5 Å². The summed E-state index contributed by atoms with van der Waals surface area (Å²) in [5.41, 5.74) is 2.90. The summed E-state index contributed by atoms with van der Waals surface area (Å²) < 4.78 is 5.43. The monoisotopic (exact) mass is 472 g/mol. The molecular weight excluding hydrogens is 440 g/mol. The van der Waals surface area contributed by atoms with Crippen molar-refractivity contribution in [1.29, 1.82) is 0 Å². The third kappa shape index (κ3) is 5.53. The first-order chi connectivity index (χ1) is 16.8. The smallest absolute Gasteiger partial charge is 0.294 e. The van der Waals surface area contributed by atoms with Gasteiger partial charge in [-0.1, -0.05) is 51.0 Å². The van der Waals surface area contributed by atoms with Crippen LogP contribution in [0.15, 0.2) is 71.3 Å². The summed E-state index contributed by atoms with van der Waals surface area (Å²) in [7, 11) is 0. The first-order valence-corrected chi connectivity index (χ1v) is 12.2. The van der Waals surface area contributed by atoms with Crippen LogP contribution in [-0.2, 0) is 4.79 Å². The van der Waals surface area contributed by atoms with Gasteiger partial charge >= 0.3 is 0 Å². The predicted octanol–water partition coefficient (Wildman–Crippen LogP) is 6.05. The summed E-state index contributed by atoms with van der Waals surface area (Å²) in [5.74, 6) is -0.247. The van der Waals surface area contributed by atoms with Crippen LogP contribution in [0.3, 0.4) is 0 Å². The van der Waals surface area contributed by atoms with Gasteiger partial charge in [0.25, 0.3) is 5.91 Å². The Hall–Kier alpha value is -3.67. The third-order valence-corrected chi connectivity index (χ3v) is 6.63. The Morgan fingerprint density at radius 2 is 1.54 bits per heavy atom. The molecule has 2 aromatic carbocycles. The predicted molar refractivity (Wildman–Crippen MR) is 136 cm³/mol. The molecule has 35 heavy (non-hydrogen) atoms. The van der Waals surface area contributed by atoms with Crippen LogP contribution < -0.4 is 10.2 Å². The van der Waals surface area contributed by atoms with Gasteiger partial charge in [0.1, 0.15) is 6.04 Å². The molecule has 1 aromatic heterocycles. The molecule has 1 aliphatic carbocycles. The van der Waals surface area contributed by atoms with Crippen LogP contribution in [0.25, 0.3) is 0 Å². The lowest BCUT2D eigenvalue weighted by Gasteiger charge is -2.32. The SMILES string of the molecule is CC(=O)c1ccc(N(C(=O)c2ccco2)[C@H](C(=O)NC2CCCC2)c2ccc(C(C)C)cc2)cc1. The molecule has 0 unspecified atom stereocenters. The van der Waals surface area contributed by atoms with E-state index in [1.54, 1.807) is 36.4 Å². The minimum absolute atomic E-state index is 0.0692. The molecule has 1 saturated carbocycles. The van der Waals surface area contributed by atoms with E-state index in [4.69, 9.17) is 4.42 Å². The molecule has 1 fully saturated rings. The largest absolute Gasteiger partial charge is 0.459 e. The molecule has 0 aliphatic heterocycles. The zero-order valence-corrected chi connectivity index (χ0v) is 20.5. The van der Waals surface area contributed by atoms with Crippen molar-refractivity contribution in [3.63, 3.8) is 0 Å². The van der Waals surface area contributed by atoms with Crippen molar-refractivity contribution >= 4 is 23.3 Å². The van der Waals surface area contributed by atoms with Crippen molar-refractivity contribution in [3.05, 3.63) is 89.4 Å². The number of Topliss-reactive ketones (excluding diaryl/α,β-unsaturated/α-hetero) is 1. The summed E-state index contributed by atoms with van der Waals surface area (Å²) in [6, 6.07) is 17.0. The third-order valence-electron chi connectivity index (χ3n) is 6.63. The molecule has 2 amide bonds. The fourth-order valence-electron chi connectivity index (χ4n) is 4.59. The van der Waals surface area contributed by atoms with Gasteiger partial charge in [-0.25, -0.2) is 0 Å². The van der Waals surface area contributed by atoms with E-state index in [0.29, 0.717) is 22.7 Å². The zero-order chi connectivity index (χ0) is 24.9. The average molecular weight is 473 g/mol. The molecule has 6 nitrogen and oxygen atoms in total. The van der Waals surface area contributed by atoms with Gasteiger partial charge in [0.05, 0.1) is 6.26 Å². The van der Waals surface area contributed by atoms with Gasteiger partial charge in [0.15, 0.2) is 11.5 Å². The minimum Gasteiger partial charge on any atom is -0.459 e. The Bertz CT molecular complexity index is 1160. The van der Waals surface area contributed by atoms with Crippen LogP contribution in [0.2, 0.25) is 0 Å². The number of ketones is 1. The van der Waals surface area contributed by atoms with Gasteiger partial charge in [0.2, 0.25) is 5.91 Å². The normalized spacial score (nSPS) is 14.6. The molecule has 3 aromatic rings. The summed E-state index contributed by atoms with van der Waals surface area (Å²) in [6.45, 7) is 5.72. The second-order valence-electron chi connectivity index (χ2n) is 9.47. The molecule has 4 rings (SSSR count). The maximum absolute atomic E-state index is 13.8. The second-order valence-corrected chi connectivity index (χ2v) is 9.47. The van der Waals surface area contributed by atoms with E-state index in [-0.39, 0.29) is 23.5 Å². The van der Waals surface area contributed by atoms with E-state index in [1.165, 1.54) is 18.1 Å². The Morgan fingerprint density at radius 3 is 2.09 bits per heavy atom. The van der Waals surface area contributed by atoms with Crippen LogP contribution >= 0.6 is 0 Å². The van der Waals surface area contributed by atoms with Crippen LogP contribution in [0, 0.1) is 0 Å². The highest BCUT2D eigenvalue weighted by Crippen LogP contribution is 2.32. The number of nitrogens with one attached hydrogen (secondary N) is 1. The zero-order valence-electron chi connectivity index (χ0n) is 20.5. The maximum Gasteiger partial charge on any atom is 0.294 e. The Morgan fingerprint density at radius 1 is 0.914 bits per heavy atom. The Labute approximate surface area is 206 Å². The first-order valence-electron chi connectivity index (χ1n) is 12.2. The second kappa shape index (κ2) is 10.7. The Balaban J connectivity index is 1.80. The molecule has 1 N–H and O–H groups in total. The average Bonchev–Trinajstić information content (AvgIpc) is 3.57. The number of furan rings is 1. The molecule has 1 atom stereocenters. The van der Waals surface area contributed by atoms with Gasteiger partial charge in [-0.2, -0.15) is 0 Å². The highest BCUT2D eigenvalue weighted by Gasteiger charge is 2.35. The Kier molecular flexibility index (Phi) is 7.49. The van der Waals surface area contributed by atoms with Crippen LogP contribution in [0.5, 0.6) is 0 Å². The van der Waals surface area contributed by atoms with Crippen LogP contribution in [0.1, 0.15) is 90.5 Å². The number of carbonyl (C=O) groups is 3. The molecule has 0 spiro atoms. The molecule has 1 heterocycles. The van der Waals surface area contributed by atoms with E-state index in [1.807, 2.05) is 24.3 Å². The molecule has 1 aliphatic rings. The van der Waals surface area contributed by atoms with Crippen LogP contribution in [-0.4, -0.2) is 23.6 Å². The standard InChI is InChI=1S/C29H32N2O4/c1-19(2)21-10-12-23(13-11-21)27(28(33)30-24-7-4-5-8-24)31(29(34)26-9-6-18-35-26)25-16-14-22(15-17-25)20(3)32/h6,9-19,24,27H,4-5,7-8H2,1-3H3,(H,30,33)/t27-/m0/s1. The number of nitrogens with zero attached hydrogens (tertiary/aromatic N) is 1. The molecule has 0 saturated heterocycles. The minimum atomic E-state index is -0.905. The lowest BCUT2D eigenvalue weighted by atomic mass is 9.97. The number of anilines is 1. The summed E-state index contributed by atoms with van der Waals surface area (Å²) in [4.78, 5) is 40.8. The van der Waals surface area contributed by atoms with Gasteiger partial charge in [-0.05, 0) is 73.2 Å². The molecular formula is C29H32N2O4. The first kappa shape index (κ1) is 24.5. The molecule has 0 bridgehead atoms. The van der Waals surface area contributed by atoms with Gasteiger partial charge in [0, 0.05) is 17.3 Å². The number of carbonyl (C=O) groups excluding carboxylic acids is 3. The van der Waals surface area contributed by atoms with E-state index >= 15 is 0 Å². The maximum atomic E-state index is 13.8. The van der Waals surface area contributed by atoms with Crippen molar-refractivity contribution in [2.75, 3.05) is 4.90 Å². The molecule has 6 heteroatoms. The number of amides is 2. The van der Waals surface area contributed by atoms with Gasteiger partial charge in [-0.3, -0.25) is 19.3 Å². The fraction of sp³-hybridized carbons (Fsp3) is 0.345. The summed E-state index contributed by atoms with van der Waals surface area (Å²) in [6.07, 6.45) is 5.48. The molecule has 0 radical (unpaired) electrons. The van der Waals surface area contributed by atoms with Crippen molar-refractivity contribution in [3.8, 4) is 0 Å². The highest BCUT2D eigenvalue weighted by molar-refractivity contribution is 6.09. The van der Waals surface area contributed by atoms with E-state index in [0.717, 1.165) is 31.2 Å². The van der Waals surface area contributed by atoms with E-state index < -0.39 is 11.9 Å². The lowest BCUT2D eigenvalue weighted by Crippen LogP contribution is -2.46. The summed E-state index contributed by atoms with van der Waals surface area (Å²) in [5, 5.41) is 3.18. The van der Waals surface area contributed by atoms with Crippen molar-refractivity contribution in [2.24, 2.45) is 0 Å². The summed E-state index contributed by atoms with van der Waals surface area (Å²) >= 11 is 0. The lowest BCUT2D eigenvalue weighted by molar-refractivity contribution is -0.123. The quantitative estimate of drug-likeness (QED) is 0.405. The van der Waals surface area contributed by atoms with Crippen molar-refractivity contribution < 1.29 is 18.8 Å². The topological polar surface area (TPSA) is 79.6 Å². The van der Waals surface area contributed by atoms with Crippen molar-refractivity contribution in [1.82, 2.24) is 5.32 Å².